The summed E-state index contributed by atoms with van der Waals surface area (Å²) in [4.78, 5) is -0.428. The van der Waals surface area contributed by atoms with Crippen molar-refractivity contribution in [1.29, 1.82) is 0 Å². The quantitative estimate of drug-likeness (QED) is 0.679. The Bertz CT molecular complexity index is 1010. The fourth-order valence-corrected chi connectivity index (χ4v) is 3.91. The second-order valence-corrected chi connectivity index (χ2v) is 10.2. The Hall–Kier alpha value is -0.990. The highest BCUT2D eigenvalue weighted by atomic mass is 35.5. The second-order valence-electron chi connectivity index (χ2n) is 4.95. The van der Waals surface area contributed by atoms with E-state index >= 15 is 0 Å². The summed E-state index contributed by atoms with van der Waals surface area (Å²) < 4.78 is 52.7. The van der Waals surface area contributed by atoms with Crippen LogP contribution in [0.2, 0.25) is 15.1 Å². The van der Waals surface area contributed by atoms with Crippen molar-refractivity contribution >= 4 is 54.5 Å². The van der Waals surface area contributed by atoms with Crippen molar-refractivity contribution in [2.75, 3.05) is 12.5 Å². The van der Waals surface area contributed by atoms with Crippen molar-refractivity contribution in [2.45, 2.75) is 9.79 Å². The summed E-state index contributed by atoms with van der Waals surface area (Å²) in [7, 11) is -7.34. The molecule has 0 amide bonds. The molecule has 0 saturated carbocycles. The minimum absolute atomic E-state index is 0.0785. The van der Waals surface area contributed by atoms with Crippen LogP contribution >= 0.6 is 34.8 Å². The second kappa shape index (κ2) is 6.72. The molecule has 2 aromatic rings. The molecule has 0 heterocycles. The van der Waals surface area contributed by atoms with Crippen molar-refractivity contribution in [3.8, 4) is 11.5 Å². The van der Waals surface area contributed by atoms with Crippen LogP contribution in [-0.4, -0.2) is 29.3 Å². The number of halogens is 3. The van der Waals surface area contributed by atoms with Crippen LogP contribution in [-0.2, 0) is 19.7 Å². The van der Waals surface area contributed by atoms with Crippen molar-refractivity contribution < 1.29 is 21.6 Å². The summed E-state index contributed by atoms with van der Waals surface area (Å²) in [6.07, 6.45) is 1.92. The molecule has 0 fully saturated rings. The maximum absolute atomic E-state index is 12.0. The van der Waals surface area contributed by atoms with Crippen LogP contribution in [0.3, 0.4) is 0 Å². The van der Waals surface area contributed by atoms with Gasteiger partial charge >= 0.3 is 0 Å². The van der Waals surface area contributed by atoms with Gasteiger partial charge in [0.1, 0.15) is 16.4 Å². The third kappa shape index (κ3) is 4.34. The van der Waals surface area contributed by atoms with Gasteiger partial charge in [0.25, 0.3) is 0 Å². The number of rotatable bonds is 4. The molecule has 0 atom stereocenters. The molecular formula is C14H11Cl3O5S2. The molecule has 130 valence electrons. The summed E-state index contributed by atoms with van der Waals surface area (Å²) in [6, 6.07) is 6.20. The topological polar surface area (TPSA) is 77.5 Å². The molecule has 2 aromatic carbocycles. The number of hydrogen-bond donors (Lipinski definition) is 0. The lowest BCUT2D eigenvalue weighted by Gasteiger charge is -2.13. The molecule has 0 aliphatic heterocycles. The Morgan fingerprint density at radius 1 is 0.750 bits per heavy atom. The Labute approximate surface area is 154 Å². The Kier molecular flexibility index (Phi) is 5.42. The highest BCUT2D eigenvalue weighted by Crippen LogP contribution is 2.38. The first-order valence-corrected chi connectivity index (χ1v) is 11.2. The molecule has 0 aliphatic carbocycles. The number of ether oxygens (including phenoxy) is 1. The molecular weight excluding hydrogens is 419 g/mol. The van der Waals surface area contributed by atoms with Crippen molar-refractivity contribution in [3.05, 3.63) is 45.4 Å². The third-order valence-electron chi connectivity index (χ3n) is 2.94. The van der Waals surface area contributed by atoms with Crippen LogP contribution in [0.25, 0.3) is 0 Å². The smallest absolute Gasteiger partial charge is 0.179 e. The van der Waals surface area contributed by atoms with E-state index in [1.807, 2.05) is 0 Å². The molecule has 0 saturated heterocycles. The lowest BCUT2D eigenvalue weighted by molar-refractivity contribution is 0.467. The number of benzene rings is 2. The van der Waals surface area contributed by atoms with Gasteiger partial charge in [0.15, 0.2) is 19.7 Å². The number of sulfone groups is 2. The summed E-state index contributed by atoms with van der Waals surface area (Å²) in [6.45, 7) is 0. The maximum atomic E-state index is 12.0. The van der Waals surface area contributed by atoms with Gasteiger partial charge in [-0.2, -0.15) is 0 Å². The molecule has 24 heavy (non-hydrogen) atoms. The van der Waals surface area contributed by atoms with Crippen molar-refractivity contribution in [1.82, 2.24) is 0 Å². The first kappa shape index (κ1) is 19.3. The van der Waals surface area contributed by atoms with E-state index in [0.29, 0.717) is 0 Å². The maximum Gasteiger partial charge on any atom is 0.179 e. The lowest BCUT2D eigenvalue weighted by atomic mass is 10.3. The Morgan fingerprint density at radius 3 is 1.88 bits per heavy atom. The zero-order valence-corrected chi connectivity index (χ0v) is 16.3. The molecule has 0 spiro atoms. The van der Waals surface area contributed by atoms with Crippen LogP contribution in [0, 0.1) is 0 Å². The van der Waals surface area contributed by atoms with E-state index in [9.17, 15) is 16.8 Å². The SMILES string of the molecule is CS(=O)(=O)c1ccc(Oc2cc(Cl)c(Cl)cc2Cl)c(S(C)(=O)=O)c1. The van der Waals surface area contributed by atoms with Gasteiger partial charge in [0.2, 0.25) is 0 Å². The average molecular weight is 430 g/mol. The first-order valence-electron chi connectivity index (χ1n) is 6.26. The molecule has 0 N–H and O–H groups in total. The van der Waals surface area contributed by atoms with Crippen LogP contribution in [0.15, 0.2) is 40.1 Å². The van der Waals surface area contributed by atoms with E-state index in [-0.39, 0.29) is 36.4 Å². The van der Waals surface area contributed by atoms with Crippen molar-refractivity contribution in [3.63, 3.8) is 0 Å². The minimum atomic E-state index is -3.76. The van der Waals surface area contributed by atoms with Crippen LogP contribution in [0.4, 0.5) is 0 Å². The van der Waals surface area contributed by atoms with Gasteiger partial charge in [0.05, 0.1) is 20.0 Å². The van der Waals surface area contributed by atoms with E-state index in [1.54, 1.807) is 0 Å². The standard InChI is InChI=1S/C14H11Cl3O5S2/c1-23(18,19)8-3-4-12(14(5-8)24(2,20)21)22-13-7-10(16)9(15)6-11(13)17/h3-7H,1-2H3. The van der Waals surface area contributed by atoms with E-state index < -0.39 is 19.7 Å². The van der Waals surface area contributed by atoms with Gasteiger partial charge in [-0.25, -0.2) is 16.8 Å². The lowest BCUT2D eigenvalue weighted by Crippen LogP contribution is -2.04. The summed E-state index contributed by atoms with van der Waals surface area (Å²) in [5, 5.41) is 0.505. The van der Waals surface area contributed by atoms with Crippen LogP contribution < -0.4 is 4.74 Å². The molecule has 0 aromatic heterocycles. The Morgan fingerprint density at radius 2 is 1.33 bits per heavy atom. The molecule has 5 nitrogen and oxygen atoms in total. The van der Waals surface area contributed by atoms with Gasteiger partial charge in [-0.1, -0.05) is 34.8 Å². The van der Waals surface area contributed by atoms with E-state index in [1.165, 1.54) is 24.3 Å². The van der Waals surface area contributed by atoms with Crippen LogP contribution in [0.5, 0.6) is 11.5 Å². The van der Waals surface area contributed by atoms with Gasteiger partial charge in [-0.15, -0.1) is 0 Å². The highest BCUT2D eigenvalue weighted by Gasteiger charge is 2.20. The predicted molar refractivity (Wildman–Crippen MR) is 94.2 cm³/mol. The predicted octanol–water partition coefficient (Wildman–Crippen LogP) is 4.25. The average Bonchev–Trinajstić information content (AvgIpc) is 2.42. The van der Waals surface area contributed by atoms with E-state index in [4.69, 9.17) is 39.5 Å². The highest BCUT2D eigenvalue weighted by molar-refractivity contribution is 7.91. The summed E-state index contributed by atoms with van der Waals surface area (Å²) >= 11 is 17.7. The summed E-state index contributed by atoms with van der Waals surface area (Å²) in [5.74, 6) is 0.00765. The third-order valence-corrected chi connectivity index (χ3v) is 6.18. The number of hydrogen-bond acceptors (Lipinski definition) is 5. The van der Waals surface area contributed by atoms with E-state index in [2.05, 4.69) is 0 Å². The molecule has 0 bridgehead atoms. The normalized spacial score (nSPS) is 12.2. The molecule has 0 unspecified atom stereocenters. The van der Waals surface area contributed by atoms with Crippen LogP contribution in [0.1, 0.15) is 0 Å². The summed E-state index contributed by atoms with van der Waals surface area (Å²) in [5.41, 5.74) is 0. The molecule has 10 heteroatoms. The zero-order valence-electron chi connectivity index (χ0n) is 12.4. The van der Waals surface area contributed by atoms with Gasteiger partial charge in [-0.05, 0) is 24.3 Å². The monoisotopic (exact) mass is 428 g/mol. The zero-order chi connectivity index (χ0) is 18.3. The van der Waals surface area contributed by atoms with E-state index in [0.717, 1.165) is 18.6 Å². The molecule has 2 rings (SSSR count). The molecule has 0 aliphatic rings. The minimum Gasteiger partial charge on any atom is -0.454 e. The largest absolute Gasteiger partial charge is 0.454 e. The van der Waals surface area contributed by atoms with Gasteiger partial charge in [-0.3, -0.25) is 0 Å². The first-order chi connectivity index (χ1) is 10.9. The van der Waals surface area contributed by atoms with Gasteiger partial charge in [0, 0.05) is 18.6 Å². The van der Waals surface area contributed by atoms with Gasteiger partial charge < -0.3 is 4.74 Å². The Balaban J connectivity index is 2.61. The fraction of sp³-hybridized carbons (Fsp3) is 0.143. The molecule has 0 radical (unpaired) electrons. The van der Waals surface area contributed by atoms with Crippen molar-refractivity contribution in [2.24, 2.45) is 0 Å². The fourth-order valence-electron chi connectivity index (χ4n) is 1.79.